The first-order chi connectivity index (χ1) is 40.7. The van der Waals surface area contributed by atoms with Gasteiger partial charge in [0.25, 0.3) is 0 Å². The lowest BCUT2D eigenvalue weighted by Gasteiger charge is -2.41. The highest BCUT2D eigenvalue weighted by Crippen LogP contribution is 2.26. The first kappa shape index (κ1) is 80.1. The molecule has 24 heteroatoms. The van der Waals surface area contributed by atoms with Crippen LogP contribution in [-0.2, 0) is 52.7 Å². The molecule has 0 saturated carbocycles. The summed E-state index contributed by atoms with van der Waals surface area (Å²) in [5.41, 5.74) is 5.74. The molecule has 1 rings (SSSR count). The van der Waals surface area contributed by atoms with E-state index >= 15 is 14.4 Å². The minimum absolute atomic E-state index is 0.0254. The first-order valence-corrected chi connectivity index (χ1v) is 32.2. The van der Waals surface area contributed by atoms with Crippen LogP contribution < -0.4 is 27.0 Å². The zero-order valence-corrected chi connectivity index (χ0v) is 58.0. The molecule has 1 heterocycles. The van der Waals surface area contributed by atoms with Gasteiger partial charge in [-0.15, -0.1) is 0 Å². The smallest absolute Gasteiger partial charge is 0.246 e. The molecule has 1 aliphatic rings. The number of nitrogens with one attached hydrogen (secondary N) is 4. The van der Waals surface area contributed by atoms with Gasteiger partial charge in [-0.25, -0.2) is 0 Å². The van der Waals surface area contributed by atoms with Crippen molar-refractivity contribution in [3.63, 3.8) is 0 Å². The number of nitrogens with two attached hydrogens (primary N) is 1. The zero-order chi connectivity index (χ0) is 68.1. The highest BCUT2D eigenvalue weighted by molar-refractivity contribution is 5.99. The number of rotatable bonds is 19. The molecule has 506 valence electrons. The second-order valence-corrected chi connectivity index (χ2v) is 27.3. The molecule has 0 aromatic heterocycles. The summed E-state index contributed by atoms with van der Waals surface area (Å²) in [6, 6.07) is -12.3. The molecular weight excluding hydrogens is 1130 g/mol. The Morgan fingerprint density at radius 1 is 0.443 bits per heavy atom. The average Bonchev–Trinajstić information content (AvgIpc) is 3.66. The summed E-state index contributed by atoms with van der Waals surface area (Å²) >= 11 is 0. The van der Waals surface area contributed by atoms with Crippen molar-refractivity contribution in [3.05, 3.63) is 0 Å². The fourth-order valence-corrected chi connectivity index (χ4v) is 11.3. The molecule has 0 unspecified atom stereocenters. The van der Waals surface area contributed by atoms with Crippen molar-refractivity contribution in [2.24, 2.45) is 47.2 Å². The fraction of sp³-hybridized carbons (Fsp3) is 0.828. The maximum atomic E-state index is 15.2. The molecule has 1 aliphatic heterocycles. The molecule has 1 saturated heterocycles. The van der Waals surface area contributed by atoms with Crippen molar-refractivity contribution in [2.45, 2.75) is 242 Å². The van der Waals surface area contributed by atoms with E-state index in [-0.39, 0.29) is 55.8 Å². The Bertz CT molecular complexity index is 2330. The van der Waals surface area contributed by atoms with Crippen LogP contribution in [0.2, 0.25) is 0 Å². The van der Waals surface area contributed by atoms with Gasteiger partial charge in [-0.05, 0) is 107 Å². The number of unbranched alkanes of at least 4 members (excludes halogenated alkanes) is 3. The first-order valence-electron chi connectivity index (χ1n) is 32.2. The van der Waals surface area contributed by atoms with Crippen LogP contribution >= 0.6 is 0 Å². The third kappa shape index (κ3) is 23.2. The number of likely N-dealkylation sites (N-methyl/N-ethyl adjacent to an activating group) is 7. The summed E-state index contributed by atoms with van der Waals surface area (Å²) in [5, 5.41) is 23.3. The number of hydrogen-bond acceptors (Lipinski definition) is 13. The van der Waals surface area contributed by atoms with E-state index in [0.29, 0.717) is 19.4 Å². The van der Waals surface area contributed by atoms with Crippen LogP contribution in [0.1, 0.15) is 175 Å². The Morgan fingerprint density at radius 3 is 1.33 bits per heavy atom. The standard InChI is InChI=1S/C64H118N12O12/c1-24-45-60(84)70(17)35-50(77)71(18)46(31-36(2)3)57(81)69-51(40(10)11)63(87)72(19)47(32-37(4)5)56(80)66-43(15)55(79)67-44(16)59(83)73(20)48(33-38(6)7)61(85)74(21)49(34-39(8)9)62(86)75(22)52(41(12)13)64(88)76(23)53(58(82)68-45)54(78)42(14)29-27-25-26-28-30-65/h36-49,51-54,78H,24-35,65H2,1-23H3,(H,66,80)(H,67,79)(H,68,82)(H,69,81)/t42-,43+,44-,45+,46+,47+,48+,49+,51+,52+,53+,54-/m1/s1. The third-order valence-electron chi connectivity index (χ3n) is 16.9. The van der Waals surface area contributed by atoms with Gasteiger partial charge in [-0.2, -0.15) is 0 Å². The molecule has 12 atom stereocenters. The minimum atomic E-state index is -1.60. The fourth-order valence-electron chi connectivity index (χ4n) is 11.3. The van der Waals surface area contributed by atoms with E-state index in [1.54, 1.807) is 41.5 Å². The van der Waals surface area contributed by atoms with Gasteiger partial charge in [0, 0.05) is 49.3 Å². The van der Waals surface area contributed by atoms with Crippen molar-refractivity contribution in [3.8, 4) is 0 Å². The second-order valence-electron chi connectivity index (χ2n) is 27.3. The van der Waals surface area contributed by atoms with E-state index in [1.165, 1.54) is 87.7 Å². The van der Waals surface area contributed by atoms with Crippen LogP contribution in [0.3, 0.4) is 0 Å². The van der Waals surface area contributed by atoms with Gasteiger partial charge in [-0.3, -0.25) is 52.7 Å². The lowest BCUT2D eigenvalue weighted by atomic mass is 9.90. The molecule has 88 heavy (non-hydrogen) atoms. The average molecular weight is 1250 g/mol. The van der Waals surface area contributed by atoms with Crippen LogP contribution in [0.5, 0.6) is 0 Å². The van der Waals surface area contributed by atoms with E-state index in [0.717, 1.165) is 29.1 Å². The SMILES string of the molecule is CC[C@@H]1NC(=O)[C@H]([C@H](O)[C@H](C)CCCCCCN)N(C)C(=O)[C@H](C(C)C)N(C)C(=O)[C@H](CC(C)C)N(C)C(=O)[C@H](CC(C)C)N(C)C(=O)[C@@H](C)NC(=O)[C@H](C)NC(=O)[C@H](CC(C)C)N(C)C(=O)[C@H](C(C)C)NC(=O)[C@H](CC(C)C)N(C)C(=O)CN(C)C1=O. The largest absolute Gasteiger partial charge is 0.390 e. The van der Waals surface area contributed by atoms with Gasteiger partial charge in [0.1, 0.15) is 60.4 Å². The quantitative estimate of drug-likeness (QED) is 0.101. The van der Waals surface area contributed by atoms with E-state index < -0.39 is 156 Å². The number of carbonyl (C=O) groups excluding carboxylic acids is 11. The van der Waals surface area contributed by atoms with Crippen LogP contribution in [0.25, 0.3) is 0 Å². The Labute approximate surface area is 527 Å². The topological polar surface area (TPSA) is 305 Å². The normalized spacial score (nSPS) is 26.3. The summed E-state index contributed by atoms with van der Waals surface area (Å²) < 4.78 is 0. The summed E-state index contributed by atoms with van der Waals surface area (Å²) in [4.78, 5) is 169. The van der Waals surface area contributed by atoms with Gasteiger partial charge >= 0.3 is 0 Å². The molecule has 0 spiro atoms. The lowest BCUT2D eigenvalue weighted by molar-refractivity contribution is -0.157. The van der Waals surface area contributed by atoms with Crippen molar-refractivity contribution >= 4 is 65.0 Å². The Morgan fingerprint density at radius 2 is 0.864 bits per heavy atom. The number of hydrogen-bond donors (Lipinski definition) is 6. The van der Waals surface area contributed by atoms with E-state index in [9.17, 15) is 43.5 Å². The zero-order valence-electron chi connectivity index (χ0n) is 58.0. The van der Waals surface area contributed by atoms with Crippen molar-refractivity contribution in [1.29, 1.82) is 0 Å². The van der Waals surface area contributed by atoms with Crippen molar-refractivity contribution in [2.75, 3.05) is 62.4 Å². The number of aliphatic hydroxyl groups is 1. The minimum Gasteiger partial charge on any atom is -0.390 e. The molecule has 0 aliphatic carbocycles. The second kappa shape index (κ2) is 37.3. The molecule has 0 radical (unpaired) electrons. The van der Waals surface area contributed by atoms with Gasteiger partial charge in [0.05, 0.1) is 12.6 Å². The number of amides is 11. The molecule has 0 aromatic rings. The van der Waals surface area contributed by atoms with E-state index in [1.807, 2.05) is 55.4 Å². The van der Waals surface area contributed by atoms with Gasteiger partial charge < -0.3 is 66.4 Å². The predicted molar refractivity (Wildman–Crippen MR) is 341 cm³/mol. The summed E-state index contributed by atoms with van der Waals surface area (Å²) in [7, 11) is 9.97. The molecule has 7 N–H and O–H groups in total. The van der Waals surface area contributed by atoms with Crippen LogP contribution in [0.4, 0.5) is 0 Å². The Kier molecular flexibility index (Phi) is 34.0. The summed E-state index contributed by atoms with van der Waals surface area (Å²) in [6.45, 7) is 28.2. The van der Waals surface area contributed by atoms with Crippen LogP contribution in [0.15, 0.2) is 0 Å². The van der Waals surface area contributed by atoms with E-state index in [4.69, 9.17) is 5.73 Å². The highest BCUT2D eigenvalue weighted by Gasteiger charge is 2.46. The Hall–Kier alpha value is -5.91. The van der Waals surface area contributed by atoms with Crippen molar-refractivity contribution in [1.82, 2.24) is 55.6 Å². The molecule has 11 amide bonds. The third-order valence-corrected chi connectivity index (χ3v) is 16.9. The number of aliphatic hydroxyl groups excluding tert-OH is 1. The predicted octanol–water partition coefficient (Wildman–Crippen LogP) is 3.21. The summed E-state index contributed by atoms with van der Waals surface area (Å²) in [5.74, 6) is -9.62. The number of carbonyl (C=O) groups is 11. The highest BCUT2D eigenvalue weighted by atomic mass is 16.3. The molecular formula is C64H118N12O12. The maximum Gasteiger partial charge on any atom is 0.246 e. The number of nitrogens with zero attached hydrogens (tertiary/aromatic N) is 7. The van der Waals surface area contributed by atoms with Crippen molar-refractivity contribution < 1.29 is 57.8 Å². The van der Waals surface area contributed by atoms with Gasteiger partial charge in [0.15, 0.2) is 0 Å². The molecule has 0 bridgehead atoms. The maximum absolute atomic E-state index is 15.2. The summed E-state index contributed by atoms with van der Waals surface area (Å²) in [6.07, 6.45) is 2.81. The molecule has 24 nitrogen and oxygen atoms in total. The van der Waals surface area contributed by atoms with Gasteiger partial charge in [-0.1, -0.05) is 116 Å². The van der Waals surface area contributed by atoms with Crippen LogP contribution in [-0.4, -0.2) is 233 Å². The van der Waals surface area contributed by atoms with Crippen LogP contribution in [0, 0.1) is 41.4 Å². The monoisotopic (exact) mass is 1250 g/mol. The van der Waals surface area contributed by atoms with E-state index in [2.05, 4.69) is 21.3 Å². The molecule has 1 fully saturated rings. The van der Waals surface area contributed by atoms with Gasteiger partial charge in [0.2, 0.25) is 65.0 Å². The lowest BCUT2D eigenvalue weighted by Crippen LogP contribution is -2.63. The molecule has 0 aromatic carbocycles. The Balaban J connectivity index is 4.33.